The van der Waals surface area contributed by atoms with Gasteiger partial charge in [0.25, 0.3) is 5.91 Å². The van der Waals surface area contributed by atoms with Gasteiger partial charge in [0.2, 0.25) is 0 Å². The maximum Gasteiger partial charge on any atom is 0.259 e. The Bertz CT molecular complexity index is 1790. The summed E-state index contributed by atoms with van der Waals surface area (Å²) < 4.78 is 0. The van der Waals surface area contributed by atoms with E-state index in [1.54, 1.807) is 6.92 Å². The Kier molecular flexibility index (Phi) is 9.53. The van der Waals surface area contributed by atoms with Gasteiger partial charge in [-0.3, -0.25) is 9.59 Å². The van der Waals surface area contributed by atoms with Crippen LogP contribution in [0.2, 0.25) is 0 Å². The summed E-state index contributed by atoms with van der Waals surface area (Å²) >= 11 is 0. The van der Waals surface area contributed by atoms with Crippen LogP contribution in [0.25, 0.3) is 33.9 Å². The molecule has 4 aliphatic carbocycles. The highest BCUT2D eigenvalue weighted by atomic mass is 16.2. The first-order valence-electron chi connectivity index (χ1n) is 14.3. The van der Waals surface area contributed by atoms with Gasteiger partial charge in [0.1, 0.15) is 0 Å². The first-order valence-corrected chi connectivity index (χ1v) is 14.3. The van der Waals surface area contributed by atoms with Gasteiger partial charge in [-0.05, 0) is 52.4 Å². The molecule has 4 heteroatoms. The molecule has 1 N–H and O–H groups in total. The summed E-state index contributed by atoms with van der Waals surface area (Å²) in [6, 6.07) is 46.3. The number of rotatable bonds is 4. The number of anilines is 1. The Hall–Kier alpha value is -5.32. The molecule has 5 aliphatic rings. The molecule has 1 heterocycles. The number of nitrogens with zero attached hydrogens (tertiary/aromatic N) is 1. The summed E-state index contributed by atoms with van der Waals surface area (Å²) in [5.41, 5.74) is 10.2. The second-order valence-corrected chi connectivity index (χ2v) is 10.0. The van der Waals surface area contributed by atoms with Crippen LogP contribution in [0.1, 0.15) is 34.0 Å². The third kappa shape index (κ3) is 6.61. The molecule has 212 valence electrons. The van der Waals surface area contributed by atoms with Crippen LogP contribution in [0.15, 0.2) is 140 Å². The van der Waals surface area contributed by atoms with E-state index in [1.165, 1.54) is 5.56 Å². The lowest BCUT2D eigenvalue weighted by Gasteiger charge is -2.17. The van der Waals surface area contributed by atoms with E-state index in [-0.39, 0.29) is 12.5 Å². The third-order valence-corrected chi connectivity index (χ3v) is 7.22. The van der Waals surface area contributed by atoms with E-state index in [2.05, 4.69) is 36.4 Å². The molecule has 2 aromatic carbocycles. The fourth-order valence-corrected chi connectivity index (χ4v) is 5.23. The fraction of sp³-hybridized carbons (Fsp3) is 0.0769. The summed E-state index contributed by atoms with van der Waals surface area (Å²) in [6.45, 7) is 2.50. The second kappa shape index (κ2) is 14.0. The Morgan fingerprint density at radius 2 is 1.09 bits per heavy atom. The molecule has 7 rings (SSSR count). The predicted octanol–water partition coefficient (Wildman–Crippen LogP) is 8.48. The Morgan fingerprint density at radius 3 is 1.72 bits per heavy atom. The van der Waals surface area contributed by atoms with Gasteiger partial charge in [-0.1, -0.05) is 133 Å². The van der Waals surface area contributed by atoms with E-state index in [0.717, 1.165) is 56.5 Å². The normalized spacial score (nSPS) is 12.7. The van der Waals surface area contributed by atoms with Crippen molar-refractivity contribution in [2.24, 2.45) is 0 Å². The zero-order valence-corrected chi connectivity index (χ0v) is 24.1. The summed E-state index contributed by atoms with van der Waals surface area (Å²) in [5.74, 6) is 0.0553. The van der Waals surface area contributed by atoms with E-state index in [0.29, 0.717) is 6.54 Å². The van der Waals surface area contributed by atoms with Crippen molar-refractivity contribution in [1.29, 1.82) is 0 Å². The minimum absolute atomic E-state index is 0.0553. The molecule has 0 bridgehead atoms. The van der Waals surface area contributed by atoms with Crippen LogP contribution in [-0.4, -0.2) is 23.9 Å². The summed E-state index contributed by atoms with van der Waals surface area (Å²) in [7, 11) is 0. The molecular formula is C39H33NO3. The number of amides is 1. The smallest absolute Gasteiger partial charge is 0.259 e. The first kappa shape index (κ1) is 29.2. The van der Waals surface area contributed by atoms with Crippen LogP contribution in [-0.2, 0) is 11.3 Å². The number of carbonyl (C=O) groups excluding carboxylic acids is 2. The van der Waals surface area contributed by atoms with Gasteiger partial charge in [0.05, 0.1) is 12.2 Å². The number of fused-ring (bicyclic) bond motifs is 3. The molecule has 0 saturated carbocycles. The van der Waals surface area contributed by atoms with Crippen LogP contribution in [0.3, 0.4) is 0 Å². The van der Waals surface area contributed by atoms with Gasteiger partial charge in [0.15, 0.2) is 6.29 Å². The predicted molar refractivity (Wildman–Crippen MR) is 176 cm³/mol. The summed E-state index contributed by atoms with van der Waals surface area (Å²) in [6.07, 6.45) is 2.93. The quantitative estimate of drug-likeness (QED) is 0.173. The number of carbonyl (C=O) groups is 2. The lowest BCUT2D eigenvalue weighted by molar-refractivity contribution is -0.113. The zero-order chi connectivity index (χ0) is 30.0. The SMILES string of the molecule is CCO.O=C1C(=Cc2ccc3cccccc2-3)c2ccccc2N1Cc1ccccc1.O=Cc1ccc2cccccc1-2. The number of aliphatic hydroxyl groups excluding tert-OH is 1. The summed E-state index contributed by atoms with van der Waals surface area (Å²) in [5, 5.41) is 7.57. The zero-order valence-electron chi connectivity index (χ0n) is 24.1. The van der Waals surface area contributed by atoms with Crippen molar-refractivity contribution in [1.82, 2.24) is 0 Å². The molecule has 0 atom stereocenters. The number of hydrogen-bond donors (Lipinski definition) is 1. The minimum atomic E-state index is 0.0553. The molecule has 0 aromatic heterocycles. The van der Waals surface area contributed by atoms with Gasteiger partial charge in [-0.25, -0.2) is 0 Å². The van der Waals surface area contributed by atoms with Gasteiger partial charge < -0.3 is 10.0 Å². The van der Waals surface area contributed by atoms with Crippen molar-refractivity contribution in [2.75, 3.05) is 11.5 Å². The largest absolute Gasteiger partial charge is 0.397 e. The van der Waals surface area contributed by atoms with E-state index in [9.17, 15) is 9.59 Å². The van der Waals surface area contributed by atoms with Crippen molar-refractivity contribution in [3.8, 4) is 22.3 Å². The van der Waals surface area contributed by atoms with Crippen LogP contribution >= 0.6 is 0 Å². The summed E-state index contributed by atoms with van der Waals surface area (Å²) in [4.78, 5) is 25.8. The monoisotopic (exact) mass is 563 g/mol. The van der Waals surface area contributed by atoms with Gasteiger partial charge in [-0.2, -0.15) is 0 Å². The number of benzene rings is 2. The van der Waals surface area contributed by atoms with Crippen molar-refractivity contribution < 1.29 is 14.7 Å². The highest BCUT2D eigenvalue weighted by Gasteiger charge is 2.32. The highest BCUT2D eigenvalue weighted by molar-refractivity contribution is 6.36. The molecule has 0 radical (unpaired) electrons. The standard InChI is InChI=1S/C26H19NO.C11H8O.C2H6O/c28-26-24(17-21-16-15-20-11-5-2-6-12-22(20)21)23-13-7-8-14-25(23)27(26)18-19-9-3-1-4-10-19;12-8-10-7-6-9-4-2-1-3-5-11(9)10;1-2-3/h1-17H,18H2;1-8H;3H,2H2,1H3. The molecule has 0 fully saturated rings. The number of para-hydroxylation sites is 1. The van der Waals surface area contributed by atoms with E-state index >= 15 is 0 Å². The maximum absolute atomic E-state index is 13.3. The van der Waals surface area contributed by atoms with Gasteiger partial charge in [-0.15, -0.1) is 0 Å². The Balaban J connectivity index is 0.000000204. The Morgan fingerprint density at radius 1 is 0.605 bits per heavy atom. The molecule has 2 aromatic rings. The number of aldehydes is 1. The minimum Gasteiger partial charge on any atom is -0.397 e. The molecule has 4 nitrogen and oxygen atoms in total. The van der Waals surface area contributed by atoms with Crippen molar-refractivity contribution in [3.05, 3.63) is 162 Å². The van der Waals surface area contributed by atoms with Crippen LogP contribution in [0, 0.1) is 0 Å². The van der Waals surface area contributed by atoms with Crippen LogP contribution in [0.4, 0.5) is 5.69 Å². The van der Waals surface area contributed by atoms with Crippen molar-refractivity contribution >= 4 is 29.5 Å². The third-order valence-electron chi connectivity index (χ3n) is 7.22. The lowest BCUT2D eigenvalue weighted by atomic mass is 10.0. The number of aliphatic hydroxyl groups is 1. The fourth-order valence-electron chi connectivity index (χ4n) is 5.23. The van der Waals surface area contributed by atoms with Gasteiger partial charge >= 0.3 is 0 Å². The molecule has 0 unspecified atom stereocenters. The molecule has 0 saturated heterocycles. The average molecular weight is 564 g/mol. The molecular weight excluding hydrogens is 530 g/mol. The lowest BCUT2D eigenvalue weighted by Crippen LogP contribution is -2.25. The van der Waals surface area contributed by atoms with Crippen LogP contribution in [0.5, 0.6) is 0 Å². The van der Waals surface area contributed by atoms with E-state index in [4.69, 9.17) is 5.11 Å². The van der Waals surface area contributed by atoms with E-state index in [1.807, 2.05) is 114 Å². The molecule has 1 aliphatic heterocycles. The first-order chi connectivity index (χ1) is 21.1. The van der Waals surface area contributed by atoms with Crippen molar-refractivity contribution in [3.63, 3.8) is 0 Å². The molecule has 43 heavy (non-hydrogen) atoms. The maximum atomic E-state index is 13.3. The number of hydrogen-bond acceptors (Lipinski definition) is 3. The van der Waals surface area contributed by atoms with Crippen molar-refractivity contribution in [2.45, 2.75) is 13.5 Å². The Labute approximate surface area is 252 Å². The second-order valence-electron chi connectivity index (χ2n) is 10.0. The van der Waals surface area contributed by atoms with Gasteiger partial charge in [0, 0.05) is 23.3 Å². The molecule has 1 amide bonds. The molecule has 0 spiro atoms. The topological polar surface area (TPSA) is 57.6 Å². The average Bonchev–Trinajstić information content (AvgIpc) is 3.53. The highest BCUT2D eigenvalue weighted by Crippen LogP contribution is 2.40. The van der Waals surface area contributed by atoms with E-state index < -0.39 is 0 Å². The van der Waals surface area contributed by atoms with Crippen LogP contribution < -0.4 is 4.90 Å².